The first-order valence-electron chi connectivity index (χ1n) is 8.33. The van der Waals surface area contributed by atoms with Gasteiger partial charge in [0.2, 0.25) is 6.79 Å². The largest absolute Gasteiger partial charge is 0.454 e. The maximum Gasteiger partial charge on any atom is 0.231 e. The number of hydrogen-bond donors (Lipinski definition) is 0. The molecule has 1 aromatic heterocycles. The standard InChI is InChI=1S/C20H19NO2S2/c1-2-14-3-6-17(7-4-14)24-11-16-12-25-20(21-16)10-15-5-8-18-19(9-15)23-13-22-18/h3-9,12H,2,10-11,13H2,1H3. The van der Waals surface area contributed by atoms with Crippen LogP contribution in [0.25, 0.3) is 0 Å². The Hall–Kier alpha value is -1.98. The Bertz CT molecular complexity index is 858. The van der Waals surface area contributed by atoms with E-state index in [2.05, 4.69) is 42.6 Å². The second-order valence-electron chi connectivity index (χ2n) is 5.88. The molecule has 0 unspecified atom stereocenters. The molecule has 2 aromatic carbocycles. The van der Waals surface area contributed by atoms with Gasteiger partial charge in [0.25, 0.3) is 0 Å². The lowest BCUT2D eigenvalue weighted by Gasteiger charge is -2.02. The van der Waals surface area contributed by atoms with Crippen LogP contribution in [0.2, 0.25) is 0 Å². The molecule has 3 nitrogen and oxygen atoms in total. The van der Waals surface area contributed by atoms with Gasteiger partial charge >= 0.3 is 0 Å². The van der Waals surface area contributed by atoms with Crippen molar-refractivity contribution in [2.45, 2.75) is 30.4 Å². The molecule has 0 N–H and O–H groups in total. The fraction of sp³-hybridized carbons (Fsp3) is 0.250. The van der Waals surface area contributed by atoms with Gasteiger partial charge in [-0.15, -0.1) is 23.1 Å². The number of aryl methyl sites for hydroxylation is 1. The molecule has 0 spiro atoms. The first kappa shape index (κ1) is 16.5. The van der Waals surface area contributed by atoms with Gasteiger partial charge in [-0.1, -0.05) is 25.1 Å². The Morgan fingerprint density at radius 2 is 1.84 bits per heavy atom. The average molecular weight is 370 g/mol. The Morgan fingerprint density at radius 1 is 1.04 bits per heavy atom. The fourth-order valence-corrected chi connectivity index (χ4v) is 4.43. The zero-order valence-corrected chi connectivity index (χ0v) is 15.7. The summed E-state index contributed by atoms with van der Waals surface area (Å²) in [5.74, 6) is 2.57. The molecule has 0 radical (unpaired) electrons. The summed E-state index contributed by atoms with van der Waals surface area (Å²) in [5, 5.41) is 3.30. The van der Waals surface area contributed by atoms with Gasteiger partial charge in [-0.2, -0.15) is 0 Å². The zero-order valence-electron chi connectivity index (χ0n) is 14.0. The third-order valence-corrected chi connectivity index (χ3v) is 6.05. The van der Waals surface area contributed by atoms with Gasteiger partial charge in [0.1, 0.15) is 0 Å². The Morgan fingerprint density at radius 3 is 2.68 bits per heavy atom. The second kappa shape index (κ2) is 7.50. The molecule has 0 bridgehead atoms. The topological polar surface area (TPSA) is 31.4 Å². The monoisotopic (exact) mass is 369 g/mol. The lowest BCUT2D eigenvalue weighted by Crippen LogP contribution is -1.93. The van der Waals surface area contributed by atoms with Crippen LogP contribution in [0.3, 0.4) is 0 Å². The van der Waals surface area contributed by atoms with E-state index in [0.29, 0.717) is 6.79 Å². The van der Waals surface area contributed by atoms with Crippen LogP contribution >= 0.6 is 23.1 Å². The van der Waals surface area contributed by atoms with Crippen LogP contribution in [0.15, 0.2) is 52.7 Å². The first-order valence-corrected chi connectivity index (χ1v) is 10.2. The third-order valence-electron chi connectivity index (χ3n) is 4.11. The minimum atomic E-state index is 0.316. The van der Waals surface area contributed by atoms with Crippen LogP contribution in [-0.4, -0.2) is 11.8 Å². The molecule has 0 aliphatic carbocycles. The van der Waals surface area contributed by atoms with E-state index in [-0.39, 0.29) is 0 Å². The van der Waals surface area contributed by atoms with E-state index < -0.39 is 0 Å². The van der Waals surface area contributed by atoms with Crippen LogP contribution in [0.4, 0.5) is 0 Å². The van der Waals surface area contributed by atoms with Crippen LogP contribution < -0.4 is 9.47 Å². The molecule has 0 saturated heterocycles. The third kappa shape index (κ3) is 3.99. The number of thioether (sulfide) groups is 1. The molecular formula is C20H19NO2S2. The number of nitrogens with zero attached hydrogens (tertiary/aromatic N) is 1. The van der Waals surface area contributed by atoms with E-state index in [1.165, 1.54) is 16.0 Å². The highest BCUT2D eigenvalue weighted by Gasteiger charge is 2.14. The predicted molar refractivity (Wildman–Crippen MR) is 103 cm³/mol. The SMILES string of the molecule is CCc1ccc(SCc2csc(Cc3ccc4c(c3)OCO4)n2)cc1. The number of ether oxygens (including phenoxy) is 2. The number of thiazole rings is 1. The molecule has 3 aromatic rings. The highest BCUT2D eigenvalue weighted by Crippen LogP contribution is 2.33. The molecule has 0 saturated carbocycles. The molecule has 128 valence electrons. The summed E-state index contributed by atoms with van der Waals surface area (Å²) >= 11 is 3.56. The van der Waals surface area contributed by atoms with E-state index in [1.807, 2.05) is 23.9 Å². The highest BCUT2D eigenvalue weighted by molar-refractivity contribution is 7.98. The van der Waals surface area contributed by atoms with Gasteiger partial charge in [-0.3, -0.25) is 0 Å². The Kier molecular flexibility index (Phi) is 4.95. The summed E-state index contributed by atoms with van der Waals surface area (Å²) in [4.78, 5) is 6.07. The zero-order chi connectivity index (χ0) is 17.1. The molecule has 1 aliphatic heterocycles. The van der Waals surface area contributed by atoms with Crippen LogP contribution in [0, 0.1) is 0 Å². The summed E-state index contributed by atoms with van der Waals surface area (Å²) in [7, 11) is 0. The van der Waals surface area contributed by atoms with E-state index in [0.717, 1.165) is 40.8 Å². The van der Waals surface area contributed by atoms with E-state index in [4.69, 9.17) is 14.5 Å². The van der Waals surface area contributed by atoms with Gasteiger partial charge in [0, 0.05) is 22.4 Å². The molecule has 4 rings (SSSR count). The number of fused-ring (bicyclic) bond motifs is 1. The normalized spacial score (nSPS) is 12.5. The maximum atomic E-state index is 5.44. The van der Waals surface area contributed by atoms with Gasteiger partial charge in [-0.25, -0.2) is 4.98 Å². The van der Waals surface area contributed by atoms with Crippen molar-refractivity contribution in [3.05, 3.63) is 69.7 Å². The minimum absolute atomic E-state index is 0.316. The van der Waals surface area contributed by atoms with Crippen molar-refractivity contribution in [2.24, 2.45) is 0 Å². The molecule has 0 fully saturated rings. The minimum Gasteiger partial charge on any atom is -0.454 e. The summed E-state index contributed by atoms with van der Waals surface area (Å²) in [6, 6.07) is 14.9. The molecule has 0 atom stereocenters. The van der Waals surface area contributed by atoms with Gasteiger partial charge in [0.05, 0.1) is 10.7 Å². The van der Waals surface area contributed by atoms with Crippen molar-refractivity contribution in [1.82, 2.24) is 4.98 Å². The summed E-state index contributed by atoms with van der Waals surface area (Å²) in [6.07, 6.45) is 1.91. The van der Waals surface area contributed by atoms with E-state index in [9.17, 15) is 0 Å². The molecule has 5 heteroatoms. The number of rotatable bonds is 6. The van der Waals surface area contributed by atoms with Crippen molar-refractivity contribution < 1.29 is 9.47 Å². The number of aromatic nitrogens is 1. The average Bonchev–Trinajstić information content (AvgIpc) is 3.29. The first-order chi connectivity index (χ1) is 12.3. The van der Waals surface area contributed by atoms with Gasteiger partial charge in [-0.05, 0) is 41.8 Å². The van der Waals surface area contributed by atoms with Crippen LogP contribution in [0.5, 0.6) is 11.5 Å². The van der Waals surface area contributed by atoms with Gasteiger partial charge in [0.15, 0.2) is 11.5 Å². The van der Waals surface area contributed by atoms with Gasteiger partial charge < -0.3 is 9.47 Å². The quantitative estimate of drug-likeness (QED) is 0.551. The predicted octanol–water partition coefficient (Wildman–Crippen LogP) is 5.32. The number of hydrogen-bond acceptors (Lipinski definition) is 5. The maximum absolute atomic E-state index is 5.44. The van der Waals surface area contributed by atoms with Crippen molar-refractivity contribution in [3.63, 3.8) is 0 Å². The van der Waals surface area contributed by atoms with Crippen LogP contribution in [-0.2, 0) is 18.6 Å². The summed E-state index contributed by atoms with van der Waals surface area (Å²) in [5.41, 5.74) is 3.72. The Balaban J connectivity index is 1.36. The fourth-order valence-electron chi connectivity index (χ4n) is 2.70. The van der Waals surface area contributed by atoms with Crippen molar-refractivity contribution in [2.75, 3.05) is 6.79 Å². The number of benzene rings is 2. The lowest BCUT2D eigenvalue weighted by atomic mass is 10.1. The van der Waals surface area contributed by atoms with Crippen molar-refractivity contribution in [3.8, 4) is 11.5 Å². The highest BCUT2D eigenvalue weighted by atomic mass is 32.2. The lowest BCUT2D eigenvalue weighted by molar-refractivity contribution is 0.174. The smallest absolute Gasteiger partial charge is 0.231 e. The van der Waals surface area contributed by atoms with Crippen molar-refractivity contribution >= 4 is 23.1 Å². The molecule has 2 heterocycles. The Labute approximate surface area is 156 Å². The molecule has 25 heavy (non-hydrogen) atoms. The molecule has 0 amide bonds. The van der Waals surface area contributed by atoms with Crippen LogP contribution in [0.1, 0.15) is 28.8 Å². The van der Waals surface area contributed by atoms with E-state index in [1.54, 1.807) is 11.3 Å². The summed E-state index contributed by atoms with van der Waals surface area (Å²) < 4.78 is 10.8. The summed E-state index contributed by atoms with van der Waals surface area (Å²) in [6.45, 7) is 2.50. The van der Waals surface area contributed by atoms with Crippen molar-refractivity contribution in [1.29, 1.82) is 0 Å². The molecular weight excluding hydrogens is 350 g/mol. The molecule has 1 aliphatic rings. The van der Waals surface area contributed by atoms with E-state index >= 15 is 0 Å². The second-order valence-corrected chi connectivity index (χ2v) is 7.87.